The summed E-state index contributed by atoms with van der Waals surface area (Å²) in [5.41, 5.74) is 1.42. The van der Waals surface area contributed by atoms with Gasteiger partial charge in [0.15, 0.2) is 0 Å². The fourth-order valence-electron chi connectivity index (χ4n) is 2.55. The quantitative estimate of drug-likeness (QED) is 0.822. The van der Waals surface area contributed by atoms with E-state index >= 15 is 0 Å². The molecule has 1 fully saturated rings. The van der Waals surface area contributed by atoms with Gasteiger partial charge in [0.1, 0.15) is 0 Å². The summed E-state index contributed by atoms with van der Waals surface area (Å²) >= 11 is 0. The van der Waals surface area contributed by atoms with E-state index in [2.05, 4.69) is 29.4 Å². The third kappa shape index (κ3) is 3.31. The van der Waals surface area contributed by atoms with E-state index in [0.29, 0.717) is 0 Å². The van der Waals surface area contributed by atoms with Crippen LogP contribution in [0.1, 0.15) is 44.6 Å². The molecule has 1 aromatic rings. The van der Waals surface area contributed by atoms with Crippen molar-refractivity contribution in [2.45, 2.75) is 57.5 Å². The predicted octanol–water partition coefficient (Wildman–Crippen LogP) is 2.93. The van der Waals surface area contributed by atoms with Crippen molar-refractivity contribution >= 4 is 0 Å². The van der Waals surface area contributed by atoms with Gasteiger partial charge in [-0.25, -0.2) is 0 Å². The standard InChI is InChI=1S/C14H22N2/c1-2-13-6-7-14(16-13)5-3-4-12-8-10-15-11-9-12/h8-11,13-14,16H,2-7H2,1H3. The number of aromatic nitrogens is 1. The molecule has 0 aromatic carbocycles. The molecule has 2 nitrogen and oxygen atoms in total. The molecule has 2 heterocycles. The molecule has 1 aliphatic heterocycles. The smallest absolute Gasteiger partial charge is 0.0270 e. The number of aryl methyl sites for hydroxylation is 1. The molecule has 2 unspecified atom stereocenters. The highest BCUT2D eigenvalue weighted by Crippen LogP contribution is 2.19. The van der Waals surface area contributed by atoms with Gasteiger partial charge in [0, 0.05) is 24.5 Å². The largest absolute Gasteiger partial charge is 0.311 e. The van der Waals surface area contributed by atoms with E-state index < -0.39 is 0 Å². The molecule has 1 N–H and O–H groups in total. The van der Waals surface area contributed by atoms with Crippen LogP contribution in [-0.4, -0.2) is 17.1 Å². The normalized spacial score (nSPS) is 24.8. The second kappa shape index (κ2) is 6.00. The van der Waals surface area contributed by atoms with E-state index in [-0.39, 0.29) is 0 Å². The Morgan fingerprint density at radius 3 is 2.69 bits per heavy atom. The Labute approximate surface area is 98.5 Å². The van der Waals surface area contributed by atoms with Crippen LogP contribution in [0.25, 0.3) is 0 Å². The van der Waals surface area contributed by atoms with E-state index in [1.165, 1.54) is 44.1 Å². The van der Waals surface area contributed by atoms with Crippen molar-refractivity contribution in [1.29, 1.82) is 0 Å². The molecule has 1 saturated heterocycles. The fourth-order valence-corrected chi connectivity index (χ4v) is 2.55. The topological polar surface area (TPSA) is 24.9 Å². The van der Waals surface area contributed by atoms with Crippen LogP contribution in [0.4, 0.5) is 0 Å². The van der Waals surface area contributed by atoms with Crippen molar-refractivity contribution < 1.29 is 0 Å². The first kappa shape index (κ1) is 11.6. The first-order chi connectivity index (χ1) is 7.88. The van der Waals surface area contributed by atoms with Crippen molar-refractivity contribution in [3.05, 3.63) is 30.1 Å². The minimum atomic E-state index is 0.770. The Morgan fingerprint density at radius 1 is 1.25 bits per heavy atom. The van der Waals surface area contributed by atoms with Gasteiger partial charge in [-0.15, -0.1) is 0 Å². The van der Waals surface area contributed by atoms with Gasteiger partial charge >= 0.3 is 0 Å². The Balaban J connectivity index is 1.65. The Hall–Kier alpha value is -0.890. The average Bonchev–Trinajstić information content (AvgIpc) is 2.78. The van der Waals surface area contributed by atoms with Crippen LogP contribution in [0.5, 0.6) is 0 Å². The van der Waals surface area contributed by atoms with Crippen LogP contribution in [0.15, 0.2) is 24.5 Å². The second-order valence-corrected chi connectivity index (χ2v) is 4.79. The van der Waals surface area contributed by atoms with E-state index in [0.717, 1.165) is 12.1 Å². The van der Waals surface area contributed by atoms with E-state index in [1.807, 2.05) is 12.4 Å². The van der Waals surface area contributed by atoms with E-state index in [9.17, 15) is 0 Å². The van der Waals surface area contributed by atoms with Gasteiger partial charge in [-0.3, -0.25) is 4.98 Å². The first-order valence-electron chi connectivity index (χ1n) is 6.53. The van der Waals surface area contributed by atoms with Gasteiger partial charge in [0.25, 0.3) is 0 Å². The van der Waals surface area contributed by atoms with E-state index in [1.54, 1.807) is 0 Å². The fraction of sp³-hybridized carbons (Fsp3) is 0.643. The molecule has 0 spiro atoms. The van der Waals surface area contributed by atoms with Gasteiger partial charge in [-0.1, -0.05) is 6.92 Å². The van der Waals surface area contributed by atoms with E-state index in [4.69, 9.17) is 0 Å². The highest BCUT2D eigenvalue weighted by atomic mass is 15.0. The summed E-state index contributed by atoms with van der Waals surface area (Å²) in [6.45, 7) is 2.27. The molecular weight excluding hydrogens is 196 g/mol. The average molecular weight is 218 g/mol. The maximum absolute atomic E-state index is 4.04. The highest BCUT2D eigenvalue weighted by molar-refractivity contribution is 5.09. The number of nitrogens with one attached hydrogen (secondary N) is 1. The summed E-state index contributed by atoms with van der Waals surface area (Å²) in [5.74, 6) is 0. The number of hydrogen-bond acceptors (Lipinski definition) is 2. The van der Waals surface area contributed by atoms with Gasteiger partial charge in [0.05, 0.1) is 0 Å². The van der Waals surface area contributed by atoms with Crippen LogP contribution in [-0.2, 0) is 6.42 Å². The lowest BCUT2D eigenvalue weighted by atomic mass is 10.0. The number of nitrogens with zero attached hydrogens (tertiary/aromatic N) is 1. The minimum Gasteiger partial charge on any atom is -0.311 e. The van der Waals surface area contributed by atoms with Crippen LogP contribution in [0.3, 0.4) is 0 Å². The van der Waals surface area contributed by atoms with Crippen LogP contribution >= 0.6 is 0 Å². The molecule has 2 rings (SSSR count). The third-order valence-corrected chi connectivity index (χ3v) is 3.60. The van der Waals surface area contributed by atoms with Crippen molar-refractivity contribution in [1.82, 2.24) is 10.3 Å². The van der Waals surface area contributed by atoms with Crippen LogP contribution in [0, 0.1) is 0 Å². The monoisotopic (exact) mass is 218 g/mol. The predicted molar refractivity (Wildman–Crippen MR) is 67.4 cm³/mol. The molecule has 0 amide bonds. The lowest BCUT2D eigenvalue weighted by Crippen LogP contribution is -2.28. The maximum atomic E-state index is 4.04. The molecule has 1 aromatic heterocycles. The summed E-state index contributed by atoms with van der Waals surface area (Å²) in [6, 6.07) is 5.80. The van der Waals surface area contributed by atoms with Crippen molar-refractivity contribution in [2.24, 2.45) is 0 Å². The summed E-state index contributed by atoms with van der Waals surface area (Å²) in [4.78, 5) is 4.04. The lowest BCUT2D eigenvalue weighted by molar-refractivity contribution is 0.490. The molecule has 0 radical (unpaired) electrons. The second-order valence-electron chi connectivity index (χ2n) is 4.79. The lowest BCUT2D eigenvalue weighted by Gasteiger charge is -2.12. The number of pyridine rings is 1. The van der Waals surface area contributed by atoms with Crippen molar-refractivity contribution in [3.8, 4) is 0 Å². The summed E-state index contributed by atoms with van der Waals surface area (Å²) in [6.07, 6.45) is 11.6. The van der Waals surface area contributed by atoms with Gasteiger partial charge in [0.2, 0.25) is 0 Å². The zero-order chi connectivity index (χ0) is 11.2. The molecule has 16 heavy (non-hydrogen) atoms. The molecular formula is C14H22N2. The Bertz CT molecular complexity index is 297. The number of hydrogen-bond donors (Lipinski definition) is 1. The number of rotatable bonds is 5. The van der Waals surface area contributed by atoms with Gasteiger partial charge < -0.3 is 5.32 Å². The minimum absolute atomic E-state index is 0.770. The Morgan fingerprint density at radius 2 is 2.00 bits per heavy atom. The molecule has 0 aliphatic carbocycles. The van der Waals surface area contributed by atoms with Crippen LogP contribution < -0.4 is 5.32 Å². The highest BCUT2D eigenvalue weighted by Gasteiger charge is 2.21. The van der Waals surface area contributed by atoms with Crippen molar-refractivity contribution in [2.75, 3.05) is 0 Å². The summed E-state index contributed by atoms with van der Waals surface area (Å²) < 4.78 is 0. The summed E-state index contributed by atoms with van der Waals surface area (Å²) in [5, 5.41) is 3.71. The van der Waals surface area contributed by atoms with Gasteiger partial charge in [-0.2, -0.15) is 0 Å². The molecule has 88 valence electrons. The maximum Gasteiger partial charge on any atom is 0.0270 e. The zero-order valence-corrected chi connectivity index (χ0v) is 10.2. The molecule has 2 heteroatoms. The van der Waals surface area contributed by atoms with Crippen LogP contribution in [0.2, 0.25) is 0 Å². The molecule has 0 bridgehead atoms. The van der Waals surface area contributed by atoms with Crippen molar-refractivity contribution in [3.63, 3.8) is 0 Å². The Kier molecular flexibility index (Phi) is 4.34. The molecule has 1 aliphatic rings. The zero-order valence-electron chi connectivity index (χ0n) is 10.2. The molecule has 2 atom stereocenters. The first-order valence-corrected chi connectivity index (χ1v) is 6.53. The molecule has 0 saturated carbocycles. The summed E-state index contributed by atoms with van der Waals surface area (Å²) in [7, 11) is 0. The SMILES string of the molecule is CCC1CCC(CCCc2ccncc2)N1. The third-order valence-electron chi connectivity index (χ3n) is 3.60. The van der Waals surface area contributed by atoms with Gasteiger partial charge in [-0.05, 0) is 56.2 Å².